The average molecular weight is 495 g/mol. The van der Waals surface area contributed by atoms with Gasteiger partial charge in [-0.1, -0.05) is 0 Å². The number of ether oxygens (including phenoxy) is 2. The van der Waals surface area contributed by atoms with Crippen LogP contribution in [-0.2, 0) is 19.6 Å². The van der Waals surface area contributed by atoms with Crippen LogP contribution in [0.5, 0.6) is 5.75 Å². The Morgan fingerprint density at radius 1 is 1.12 bits per heavy atom. The lowest BCUT2D eigenvalue weighted by molar-refractivity contribution is -0.384. The van der Waals surface area contributed by atoms with E-state index >= 15 is 0 Å². The Morgan fingerprint density at radius 2 is 1.79 bits per heavy atom. The lowest BCUT2D eigenvalue weighted by atomic mass is 10.2. The van der Waals surface area contributed by atoms with E-state index in [9.17, 15) is 28.1 Å². The highest BCUT2D eigenvalue weighted by atomic mass is 32.2. The van der Waals surface area contributed by atoms with Gasteiger partial charge in [0.15, 0.2) is 0 Å². The van der Waals surface area contributed by atoms with Gasteiger partial charge in [0.05, 0.1) is 29.2 Å². The number of carbonyl (C=O) groups excluding carboxylic acids is 2. The van der Waals surface area contributed by atoms with Crippen molar-refractivity contribution in [3.8, 4) is 5.75 Å². The van der Waals surface area contributed by atoms with E-state index in [2.05, 4.69) is 10.0 Å². The highest BCUT2D eigenvalue weighted by Gasteiger charge is 2.21. The second-order valence-corrected chi connectivity index (χ2v) is 8.81. The minimum Gasteiger partial charge on any atom is -0.495 e. The summed E-state index contributed by atoms with van der Waals surface area (Å²) in [7, 11) is 0.181. The number of hydrogen-bond acceptors (Lipinski definition) is 8. The van der Waals surface area contributed by atoms with Crippen LogP contribution in [0.2, 0.25) is 0 Å². The first kappa shape index (κ1) is 26.5. The summed E-state index contributed by atoms with van der Waals surface area (Å²) < 4.78 is 37.8. The molecule has 2 rings (SSSR count). The molecule has 34 heavy (non-hydrogen) atoms. The summed E-state index contributed by atoms with van der Waals surface area (Å²) in [5.74, 6) is -0.700. The van der Waals surface area contributed by atoms with E-state index in [1.54, 1.807) is 7.11 Å². The van der Waals surface area contributed by atoms with Crippen molar-refractivity contribution in [3.63, 3.8) is 0 Å². The number of non-ortho nitro benzene ring substituents is 1. The van der Waals surface area contributed by atoms with Gasteiger partial charge >= 0.3 is 0 Å². The van der Waals surface area contributed by atoms with E-state index < -0.39 is 20.9 Å². The Bertz CT molecular complexity index is 1140. The first-order valence-electron chi connectivity index (χ1n) is 10.1. The van der Waals surface area contributed by atoms with Crippen molar-refractivity contribution in [3.05, 3.63) is 58.1 Å². The zero-order chi connectivity index (χ0) is 25.3. The number of hydrogen-bond donors (Lipinski definition) is 2. The van der Waals surface area contributed by atoms with Crippen molar-refractivity contribution < 1.29 is 32.4 Å². The van der Waals surface area contributed by atoms with Crippen molar-refractivity contribution in [2.45, 2.75) is 11.3 Å². The van der Waals surface area contributed by atoms with E-state index in [1.807, 2.05) is 0 Å². The predicted molar refractivity (Wildman–Crippen MR) is 123 cm³/mol. The number of sulfonamides is 1. The highest BCUT2D eigenvalue weighted by molar-refractivity contribution is 7.92. The molecule has 184 valence electrons. The Kier molecular flexibility index (Phi) is 9.33. The van der Waals surface area contributed by atoms with E-state index in [0.717, 1.165) is 6.07 Å². The third-order valence-corrected chi connectivity index (χ3v) is 6.01. The Hall–Kier alpha value is -3.71. The lowest BCUT2D eigenvalue weighted by Crippen LogP contribution is -2.38. The van der Waals surface area contributed by atoms with Crippen LogP contribution in [0.25, 0.3) is 0 Å². The van der Waals surface area contributed by atoms with Gasteiger partial charge in [0, 0.05) is 45.0 Å². The van der Waals surface area contributed by atoms with E-state index in [0.29, 0.717) is 19.6 Å². The zero-order valence-electron chi connectivity index (χ0n) is 18.9. The summed E-state index contributed by atoms with van der Waals surface area (Å²) in [6.07, 6.45) is 0.645. The molecule has 0 aromatic heterocycles. The molecule has 0 saturated carbocycles. The van der Waals surface area contributed by atoms with Gasteiger partial charge in [-0.15, -0.1) is 0 Å². The number of nitro benzene ring substituents is 1. The Balaban J connectivity index is 2.09. The van der Waals surface area contributed by atoms with Crippen LogP contribution in [0.15, 0.2) is 47.4 Å². The van der Waals surface area contributed by atoms with Gasteiger partial charge in [-0.25, -0.2) is 8.42 Å². The van der Waals surface area contributed by atoms with Crippen LogP contribution >= 0.6 is 0 Å². The fourth-order valence-electron chi connectivity index (χ4n) is 2.88. The zero-order valence-corrected chi connectivity index (χ0v) is 19.8. The molecule has 0 atom stereocenters. The minimum absolute atomic E-state index is 0.100. The quantitative estimate of drug-likeness (QED) is 0.256. The van der Waals surface area contributed by atoms with Crippen LogP contribution in [0.1, 0.15) is 16.8 Å². The number of nitrogens with one attached hydrogen (secondary N) is 2. The molecule has 2 amide bonds. The summed E-state index contributed by atoms with van der Waals surface area (Å²) in [5.41, 5.74) is -0.236. The summed E-state index contributed by atoms with van der Waals surface area (Å²) in [5, 5.41) is 13.7. The van der Waals surface area contributed by atoms with Gasteiger partial charge in [0.1, 0.15) is 5.75 Å². The number of benzene rings is 2. The third kappa shape index (κ3) is 7.15. The van der Waals surface area contributed by atoms with Gasteiger partial charge < -0.3 is 19.7 Å². The second-order valence-electron chi connectivity index (χ2n) is 7.13. The largest absolute Gasteiger partial charge is 0.495 e. The first-order chi connectivity index (χ1) is 16.1. The smallest absolute Gasteiger partial charge is 0.271 e. The van der Waals surface area contributed by atoms with Crippen LogP contribution in [-0.4, -0.2) is 71.0 Å². The second kappa shape index (κ2) is 12.0. The molecule has 0 unspecified atom stereocenters. The van der Waals surface area contributed by atoms with Crippen LogP contribution in [0, 0.1) is 10.1 Å². The summed E-state index contributed by atoms with van der Waals surface area (Å²) in [4.78, 5) is 35.9. The monoisotopic (exact) mass is 494 g/mol. The molecule has 0 aliphatic rings. The van der Waals surface area contributed by atoms with Gasteiger partial charge in [0.2, 0.25) is 5.91 Å². The normalized spacial score (nSPS) is 10.9. The van der Waals surface area contributed by atoms with Crippen molar-refractivity contribution in [1.82, 2.24) is 10.2 Å². The summed E-state index contributed by atoms with van der Waals surface area (Å²) in [6.45, 7) is 0.761. The molecular formula is C21H26N4O8S. The maximum absolute atomic E-state index is 12.8. The molecule has 2 aromatic carbocycles. The number of methoxy groups -OCH3 is 2. The summed E-state index contributed by atoms with van der Waals surface area (Å²) in [6, 6.07) is 8.58. The van der Waals surface area contributed by atoms with Crippen LogP contribution in [0.3, 0.4) is 0 Å². The van der Waals surface area contributed by atoms with Gasteiger partial charge in [-0.05, 0) is 36.8 Å². The highest BCUT2D eigenvalue weighted by Crippen LogP contribution is 2.30. The SMILES string of the molecule is COCCCNC(=O)CN(C)C(=O)c1ccc(S(=O)(=O)Nc2cc([N+](=O)[O-])ccc2OC)cc1. The maximum atomic E-state index is 12.8. The van der Waals surface area contributed by atoms with Crippen molar-refractivity contribution in [1.29, 1.82) is 0 Å². The molecule has 12 nitrogen and oxygen atoms in total. The molecule has 0 fully saturated rings. The fraction of sp³-hybridized carbons (Fsp3) is 0.333. The predicted octanol–water partition coefficient (Wildman–Crippen LogP) is 1.63. The number of carbonyl (C=O) groups is 2. The van der Waals surface area contributed by atoms with Crippen LogP contribution < -0.4 is 14.8 Å². The minimum atomic E-state index is -4.14. The Morgan fingerprint density at radius 3 is 2.38 bits per heavy atom. The molecule has 0 saturated heterocycles. The molecule has 0 radical (unpaired) electrons. The molecule has 2 N–H and O–H groups in total. The molecular weight excluding hydrogens is 468 g/mol. The van der Waals surface area contributed by atoms with Crippen molar-refractivity contribution in [2.75, 3.05) is 45.7 Å². The van der Waals surface area contributed by atoms with Crippen molar-refractivity contribution in [2.24, 2.45) is 0 Å². The molecule has 2 aromatic rings. The molecule has 0 aliphatic carbocycles. The number of likely N-dealkylation sites (N-methyl/N-ethyl adjacent to an activating group) is 1. The Labute approximate surface area is 197 Å². The van der Waals surface area contributed by atoms with Crippen LogP contribution in [0.4, 0.5) is 11.4 Å². The standard InChI is InChI=1S/C21H26N4O8S/c1-24(14-20(26)22-11-4-12-32-2)21(27)15-5-8-17(9-6-15)34(30,31)23-18-13-16(25(28)29)7-10-19(18)33-3/h5-10,13,23H,4,11-12,14H2,1-3H3,(H,22,26). The van der Waals surface area contributed by atoms with E-state index in [1.165, 1.54) is 55.5 Å². The molecule has 0 bridgehead atoms. The maximum Gasteiger partial charge on any atom is 0.271 e. The first-order valence-corrected chi connectivity index (χ1v) is 11.5. The number of anilines is 1. The lowest BCUT2D eigenvalue weighted by Gasteiger charge is -2.17. The number of amides is 2. The van der Waals surface area contributed by atoms with Gasteiger partial charge in [-0.2, -0.15) is 0 Å². The third-order valence-electron chi connectivity index (χ3n) is 4.62. The molecule has 0 spiro atoms. The van der Waals surface area contributed by atoms with E-state index in [4.69, 9.17) is 9.47 Å². The fourth-order valence-corrected chi connectivity index (χ4v) is 3.94. The average Bonchev–Trinajstić information content (AvgIpc) is 2.81. The number of nitro groups is 1. The number of rotatable bonds is 12. The number of nitrogens with zero attached hydrogens (tertiary/aromatic N) is 2. The van der Waals surface area contributed by atoms with E-state index in [-0.39, 0.29) is 40.0 Å². The molecule has 0 aliphatic heterocycles. The topological polar surface area (TPSA) is 157 Å². The van der Waals surface area contributed by atoms with Gasteiger partial charge in [-0.3, -0.25) is 24.4 Å². The molecule has 0 heterocycles. The van der Waals surface area contributed by atoms with Crippen molar-refractivity contribution >= 4 is 33.2 Å². The summed E-state index contributed by atoms with van der Waals surface area (Å²) >= 11 is 0. The van der Waals surface area contributed by atoms with Gasteiger partial charge in [0.25, 0.3) is 21.6 Å². The molecule has 13 heteroatoms.